The van der Waals surface area contributed by atoms with Gasteiger partial charge in [-0.3, -0.25) is 9.10 Å². The first-order valence-electron chi connectivity index (χ1n) is 8.22. The number of likely N-dealkylation sites (N-methyl/N-ethyl adjacent to an activating group) is 2. The predicted molar refractivity (Wildman–Crippen MR) is 103 cm³/mol. The molecule has 0 atom stereocenters. The molecule has 1 aromatic carbocycles. The average Bonchev–Trinajstić information content (AvgIpc) is 2.63. The highest BCUT2D eigenvalue weighted by molar-refractivity contribution is 7.92. The highest BCUT2D eigenvalue weighted by Gasteiger charge is 2.24. The van der Waals surface area contributed by atoms with Crippen molar-refractivity contribution in [2.45, 2.75) is 11.8 Å². The zero-order valence-electron chi connectivity index (χ0n) is 15.5. The lowest BCUT2D eigenvalue weighted by atomic mass is 10.3. The molecule has 140 valence electrons. The quantitative estimate of drug-likeness (QED) is 0.737. The van der Waals surface area contributed by atoms with Crippen molar-refractivity contribution >= 4 is 27.4 Å². The van der Waals surface area contributed by atoms with Crippen LogP contribution in [-0.2, 0) is 14.8 Å². The Balaban J connectivity index is 2.24. The Kier molecular flexibility index (Phi) is 6.20. The maximum atomic E-state index is 12.9. The average molecular weight is 376 g/mol. The topological polar surface area (TPSA) is 73.8 Å². The van der Waals surface area contributed by atoms with Crippen molar-refractivity contribution in [1.82, 2.24) is 9.88 Å². The molecule has 0 aliphatic heterocycles. The lowest BCUT2D eigenvalue weighted by Gasteiger charge is -2.23. The maximum absolute atomic E-state index is 12.9. The molecule has 1 amide bonds. The number of para-hydroxylation sites is 1. The number of benzene rings is 1. The summed E-state index contributed by atoms with van der Waals surface area (Å²) in [5.41, 5.74) is 0.604. The number of anilines is 2. The Hall–Kier alpha value is -2.61. The Morgan fingerprint density at radius 2 is 1.69 bits per heavy atom. The van der Waals surface area contributed by atoms with Crippen LogP contribution in [0.15, 0.2) is 53.6 Å². The molecule has 1 heterocycles. The first-order valence-corrected chi connectivity index (χ1v) is 9.66. The highest BCUT2D eigenvalue weighted by Crippen LogP contribution is 2.23. The van der Waals surface area contributed by atoms with Gasteiger partial charge in [0.15, 0.2) is 0 Å². The number of carbonyl (C=O) groups excluding carboxylic acids is 1. The summed E-state index contributed by atoms with van der Waals surface area (Å²) < 4.78 is 27.2. The number of rotatable bonds is 7. The van der Waals surface area contributed by atoms with Crippen LogP contribution in [0.2, 0.25) is 0 Å². The van der Waals surface area contributed by atoms with Crippen molar-refractivity contribution in [3.05, 3.63) is 48.7 Å². The summed E-state index contributed by atoms with van der Waals surface area (Å²) >= 11 is 0. The molecule has 0 unspecified atom stereocenters. The van der Waals surface area contributed by atoms with Crippen LogP contribution >= 0.6 is 0 Å². The number of carbonyl (C=O) groups is 1. The van der Waals surface area contributed by atoms with Crippen LogP contribution in [0.3, 0.4) is 0 Å². The third-order valence-electron chi connectivity index (χ3n) is 3.90. The number of sulfonamides is 1. The number of hydrogen-bond donors (Lipinski definition) is 0. The molecule has 0 radical (unpaired) electrons. The molecule has 0 fully saturated rings. The van der Waals surface area contributed by atoms with Gasteiger partial charge in [-0.15, -0.1) is 0 Å². The fourth-order valence-corrected chi connectivity index (χ4v) is 3.81. The Bertz CT molecular complexity index is 836. The molecule has 0 spiro atoms. The van der Waals surface area contributed by atoms with Gasteiger partial charge in [-0.2, -0.15) is 0 Å². The van der Waals surface area contributed by atoms with Crippen LogP contribution in [0.25, 0.3) is 0 Å². The molecule has 8 heteroatoms. The summed E-state index contributed by atoms with van der Waals surface area (Å²) in [5, 5.41) is 0. The number of amides is 1. The van der Waals surface area contributed by atoms with E-state index in [1.54, 1.807) is 63.3 Å². The minimum Gasteiger partial charge on any atom is -0.350 e. The van der Waals surface area contributed by atoms with Gasteiger partial charge in [0.2, 0.25) is 5.91 Å². The van der Waals surface area contributed by atoms with E-state index < -0.39 is 10.0 Å². The molecule has 2 rings (SSSR count). The molecule has 0 saturated heterocycles. The van der Waals surface area contributed by atoms with Crippen molar-refractivity contribution in [3.8, 4) is 0 Å². The van der Waals surface area contributed by atoms with Crippen molar-refractivity contribution < 1.29 is 13.2 Å². The van der Waals surface area contributed by atoms with E-state index in [1.165, 1.54) is 21.5 Å². The zero-order valence-corrected chi connectivity index (χ0v) is 16.3. The fourth-order valence-electron chi connectivity index (χ4n) is 2.39. The van der Waals surface area contributed by atoms with E-state index in [0.717, 1.165) is 0 Å². The summed E-state index contributed by atoms with van der Waals surface area (Å²) in [5.74, 6) is 0.467. The van der Waals surface area contributed by atoms with Gasteiger partial charge in [0, 0.05) is 33.9 Å². The standard InChI is InChI=1S/C18H24N4O3S/c1-5-22(15-9-7-6-8-10-15)26(24,25)16-11-12-17(19-13-16)21(4)14-18(23)20(2)3/h6-13H,5,14H2,1-4H3. The van der Waals surface area contributed by atoms with E-state index in [0.29, 0.717) is 18.1 Å². The van der Waals surface area contributed by atoms with Crippen LogP contribution in [-0.4, -0.2) is 58.4 Å². The van der Waals surface area contributed by atoms with Crippen LogP contribution in [0, 0.1) is 0 Å². The monoisotopic (exact) mass is 376 g/mol. The molecule has 0 aliphatic carbocycles. The molecule has 0 aliphatic rings. The van der Waals surface area contributed by atoms with Gasteiger partial charge in [-0.25, -0.2) is 13.4 Å². The second kappa shape index (κ2) is 8.18. The van der Waals surface area contributed by atoms with Gasteiger partial charge in [0.1, 0.15) is 10.7 Å². The Morgan fingerprint density at radius 3 is 2.19 bits per heavy atom. The van der Waals surface area contributed by atoms with Crippen LogP contribution < -0.4 is 9.21 Å². The van der Waals surface area contributed by atoms with E-state index in [1.807, 2.05) is 6.07 Å². The highest BCUT2D eigenvalue weighted by atomic mass is 32.2. The van der Waals surface area contributed by atoms with Gasteiger partial charge in [-0.1, -0.05) is 18.2 Å². The Labute approximate surface area is 154 Å². The summed E-state index contributed by atoms with van der Waals surface area (Å²) in [7, 11) is 1.40. The first-order chi connectivity index (χ1) is 12.3. The number of nitrogens with zero attached hydrogens (tertiary/aromatic N) is 4. The molecule has 1 aromatic heterocycles. The van der Waals surface area contributed by atoms with Crippen LogP contribution in [0.1, 0.15) is 6.92 Å². The molecule has 2 aromatic rings. The minimum absolute atomic E-state index is 0.0627. The zero-order chi connectivity index (χ0) is 19.3. The summed E-state index contributed by atoms with van der Waals surface area (Å²) in [4.78, 5) is 19.3. The van der Waals surface area contributed by atoms with E-state index in [2.05, 4.69) is 4.98 Å². The maximum Gasteiger partial charge on any atom is 0.265 e. The van der Waals surface area contributed by atoms with Gasteiger partial charge < -0.3 is 9.80 Å². The van der Waals surface area contributed by atoms with E-state index in [-0.39, 0.29) is 17.3 Å². The summed E-state index contributed by atoms with van der Waals surface area (Å²) in [6.45, 7) is 2.26. The smallest absolute Gasteiger partial charge is 0.265 e. The first kappa shape index (κ1) is 19.7. The van der Waals surface area contributed by atoms with Crippen molar-refractivity contribution in [1.29, 1.82) is 0 Å². The lowest BCUT2D eigenvalue weighted by molar-refractivity contribution is -0.127. The number of pyridine rings is 1. The second-order valence-corrected chi connectivity index (χ2v) is 7.86. The molecule has 0 N–H and O–H groups in total. The number of aromatic nitrogens is 1. The van der Waals surface area contributed by atoms with Crippen molar-refractivity contribution in [2.75, 3.05) is 43.4 Å². The molecule has 7 nitrogen and oxygen atoms in total. The fraction of sp³-hybridized carbons (Fsp3) is 0.333. The number of hydrogen-bond acceptors (Lipinski definition) is 5. The molecular weight excluding hydrogens is 352 g/mol. The van der Waals surface area contributed by atoms with Gasteiger partial charge in [0.25, 0.3) is 10.0 Å². The largest absolute Gasteiger partial charge is 0.350 e. The van der Waals surface area contributed by atoms with Crippen LogP contribution in [0.5, 0.6) is 0 Å². The van der Waals surface area contributed by atoms with Gasteiger partial charge >= 0.3 is 0 Å². The van der Waals surface area contributed by atoms with E-state index in [4.69, 9.17) is 0 Å². The molecule has 0 bridgehead atoms. The van der Waals surface area contributed by atoms with E-state index >= 15 is 0 Å². The van der Waals surface area contributed by atoms with Crippen molar-refractivity contribution in [3.63, 3.8) is 0 Å². The second-order valence-electron chi connectivity index (χ2n) is 6.00. The van der Waals surface area contributed by atoms with Crippen molar-refractivity contribution in [2.24, 2.45) is 0 Å². The normalized spacial score (nSPS) is 11.1. The Morgan fingerprint density at radius 1 is 1.04 bits per heavy atom. The van der Waals surface area contributed by atoms with Gasteiger partial charge in [-0.05, 0) is 31.2 Å². The molecule has 26 heavy (non-hydrogen) atoms. The SMILES string of the molecule is CCN(c1ccccc1)S(=O)(=O)c1ccc(N(C)CC(=O)N(C)C)nc1. The third-order valence-corrected chi connectivity index (χ3v) is 5.79. The minimum atomic E-state index is -3.71. The van der Waals surface area contributed by atoms with Crippen LogP contribution in [0.4, 0.5) is 11.5 Å². The summed E-state index contributed by atoms with van der Waals surface area (Å²) in [6, 6.07) is 12.1. The lowest BCUT2D eigenvalue weighted by Crippen LogP contribution is -2.34. The third kappa shape index (κ3) is 4.32. The summed E-state index contributed by atoms with van der Waals surface area (Å²) in [6.07, 6.45) is 1.33. The molecular formula is C18H24N4O3S. The van der Waals surface area contributed by atoms with E-state index in [9.17, 15) is 13.2 Å². The van der Waals surface area contributed by atoms with Gasteiger partial charge in [0.05, 0.1) is 12.2 Å². The molecule has 0 saturated carbocycles. The predicted octanol–water partition coefficient (Wildman–Crippen LogP) is 1.82.